The maximum Gasteiger partial charge on any atom is 0.407 e. The van der Waals surface area contributed by atoms with Gasteiger partial charge < -0.3 is 20.6 Å². The summed E-state index contributed by atoms with van der Waals surface area (Å²) in [5, 5.41) is 23.2. The predicted octanol–water partition coefficient (Wildman–Crippen LogP) is 4.13. The fraction of sp³-hybridized carbons (Fsp3) is 0.360. The molecule has 0 aliphatic carbocycles. The largest absolute Gasteiger partial charge is 0.465 e. The second-order valence-corrected chi connectivity index (χ2v) is 8.78. The summed E-state index contributed by atoms with van der Waals surface area (Å²) >= 11 is 0. The minimum Gasteiger partial charge on any atom is -0.465 e. The zero-order valence-corrected chi connectivity index (χ0v) is 19.9. The number of azo groups is 1. The van der Waals surface area contributed by atoms with Gasteiger partial charge in [-0.3, -0.25) is 19.3 Å². The highest BCUT2D eigenvalue weighted by Crippen LogP contribution is 2.24. The molecule has 0 aromatic heterocycles. The van der Waals surface area contributed by atoms with Crippen LogP contribution in [0.5, 0.6) is 0 Å². The minimum absolute atomic E-state index is 0.0996. The molecule has 11 nitrogen and oxygen atoms in total. The van der Waals surface area contributed by atoms with Gasteiger partial charge in [0.05, 0.1) is 11.4 Å². The van der Waals surface area contributed by atoms with Crippen molar-refractivity contribution in [2.75, 3.05) is 23.7 Å². The summed E-state index contributed by atoms with van der Waals surface area (Å²) in [5.41, 5.74) is 2.32. The molecule has 4 rings (SSSR count). The molecule has 3 N–H and O–H groups in total. The number of nitrogens with zero attached hydrogens (tertiary/aromatic N) is 4. The van der Waals surface area contributed by atoms with Gasteiger partial charge in [0.25, 0.3) is 0 Å². The van der Waals surface area contributed by atoms with E-state index >= 15 is 0 Å². The molecular weight excluding hydrogens is 464 g/mol. The molecule has 0 bridgehead atoms. The number of carbonyl (C=O) groups excluding carboxylic acids is 3. The Morgan fingerprint density at radius 1 is 0.750 bits per heavy atom. The van der Waals surface area contributed by atoms with Crippen molar-refractivity contribution in [2.24, 2.45) is 10.2 Å². The van der Waals surface area contributed by atoms with Crippen LogP contribution < -0.4 is 10.6 Å². The molecule has 2 aliphatic rings. The summed E-state index contributed by atoms with van der Waals surface area (Å²) in [6.45, 7) is 2.43. The van der Waals surface area contributed by atoms with Crippen molar-refractivity contribution in [1.29, 1.82) is 0 Å². The van der Waals surface area contributed by atoms with Gasteiger partial charge in [0.15, 0.2) is 0 Å². The summed E-state index contributed by atoms with van der Waals surface area (Å²) in [6.07, 6.45) is 1.54. The lowest BCUT2D eigenvalue weighted by molar-refractivity contribution is -0.134. The Morgan fingerprint density at radius 2 is 1.17 bits per heavy atom. The van der Waals surface area contributed by atoms with Crippen LogP contribution in [-0.2, 0) is 14.4 Å². The molecule has 2 fully saturated rings. The number of anilines is 2. The summed E-state index contributed by atoms with van der Waals surface area (Å²) in [5.74, 6) is -0.649. The fourth-order valence-electron chi connectivity index (χ4n) is 4.47. The van der Waals surface area contributed by atoms with E-state index < -0.39 is 18.2 Å². The molecular formula is C25H28N6O5. The van der Waals surface area contributed by atoms with Crippen LogP contribution in [0.4, 0.5) is 27.5 Å². The van der Waals surface area contributed by atoms with Crippen LogP contribution in [0, 0.1) is 0 Å². The van der Waals surface area contributed by atoms with E-state index in [-0.39, 0.29) is 17.7 Å². The van der Waals surface area contributed by atoms with Crippen LogP contribution in [0.3, 0.4) is 0 Å². The van der Waals surface area contributed by atoms with E-state index in [2.05, 4.69) is 20.9 Å². The molecule has 11 heteroatoms. The van der Waals surface area contributed by atoms with Crippen molar-refractivity contribution >= 4 is 46.6 Å². The Balaban J connectivity index is 1.30. The van der Waals surface area contributed by atoms with E-state index in [0.29, 0.717) is 55.1 Å². The molecule has 0 saturated carbocycles. The van der Waals surface area contributed by atoms with Gasteiger partial charge in [0, 0.05) is 31.4 Å². The molecule has 2 heterocycles. The van der Waals surface area contributed by atoms with E-state index in [1.54, 1.807) is 53.4 Å². The predicted molar refractivity (Wildman–Crippen MR) is 132 cm³/mol. The zero-order valence-electron chi connectivity index (χ0n) is 19.9. The highest BCUT2D eigenvalue weighted by atomic mass is 16.4. The molecule has 2 aromatic rings. The monoisotopic (exact) mass is 492 g/mol. The topological polar surface area (TPSA) is 144 Å². The van der Waals surface area contributed by atoms with E-state index in [0.717, 1.165) is 11.3 Å². The lowest BCUT2D eigenvalue weighted by Gasteiger charge is -2.22. The number of nitrogens with one attached hydrogen (secondary N) is 2. The third kappa shape index (κ3) is 5.85. The molecule has 2 aliphatic heterocycles. The molecule has 0 spiro atoms. The molecule has 2 atom stereocenters. The van der Waals surface area contributed by atoms with Gasteiger partial charge in [-0.2, -0.15) is 10.2 Å². The first-order chi connectivity index (χ1) is 17.3. The van der Waals surface area contributed by atoms with Gasteiger partial charge >= 0.3 is 6.09 Å². The first kappa shape index (κ1) is 24.8. The molecule has 2 aromatic carbocycles. The van der Waals surface area contributed by atoms with Gasteiger partial charge in [0.2, 0.25) is 17.7 Å². The van der Waals surface area contributed by atoms with Crippen molar-refractivity contribution in [3.05, 3.63) is 48.5 Å². The molecule has 2 saturated heterocycles. The van der Waals surface area contributed by atoms with Crippen LogP contribution in [0.15, 0.2) is 58.8 Å². The number of amides is 4. The van der Waals surface area contributed by atoms with Gasteiger partial charge in [-0.05, 0) is 74.2 Å². The standard InChI is InChI=1S/C25H28N6O5/c1-16(32)30-14-2-4-21(30)23(33)26-17-6-10-19(11-7-17)28-29-20-12-8-18(9-13-20)27-24(34)22-5-3-15-31(22)25(35)36/h6-13,21-22H,2-5,14-15H2,1H3,(H,26,33)(H,27,34)(H,35,36). The highest BCUT2D eigenvalue weighted by molar-refractivity contribution is 5.97. The summed E-state index contributed by atoms with van der Waals surface area (Å²) in [6, 6.07) is 12.5. The number of hydrogen-bond donors (Lipinski definition) is 3. The Kier molecular flexibility index (Phi) is 7.57. The number of rotatable bonds is 6. The number of carboxylic acid groups (broad SMARTS) is 1. The average molecular weight is 493 g/mol. The lowest BCUT2D eigenvalue weighted by Crippen LogP contribution is -2.42. The molecule has 188 valence electrons. The van der Waals surface area contributed by atoms with Crippen molar-refractivity contribution in [2.45, 2.75) is 44.7 Å². The third-order valence-electron chi connectivity index (χ3n) is 6.31. The van der Waals surface area contributed by atoms with Crippen LogP contribution in [0.25, 0.3) is 0 Å². The quantitative estimate of drug-likeness (QED) is 0.519. The average Bonchev–Trinajstić information content (AvgIpc) is 3.55. The van der Waals surface area contributed by atoms with Crippen LogP contribution in [-0.4, -0.2) is 63.9 Å². The molecule has 0 radical (unpaired) electrons. The Morgan fingerprint density at radius 3 is 1.58 bits per heavy atom. The molecule has 36 heavy (non-hydrogen) atoms. The van der Waals surface area contributed by atoms with Gasteiger partial charge in [-0.1, -0.05) is 0 Å². The van der Waals surface area contributed by atoms with Gasteiger partial charge in [0.1, 0.15) is 12.1 Å². The van der Waals surface area contributed by atoms with Gasteiger partial charge in [-0.15, -0.1) is 0 Å². The number of hydrogen-bond acceptors (Lipinski definition) is 6. The second-order valence-electron chi connectivity index (χ2n) is 8.78. The molecule has 2 unspecified atom stereocenters. The van der Waals surface area contributed by atoms with E-state index in [9.17, 15) is 24.3 Å². The van der Waals surface area contributed by atoms with Crippen molar-refractivity contribution in [3.8, 4) is 0 Å². The number of carbonyl (C=O) groups is 4. The Hall–Kier alpha value is -4.28. The van der Waals surface area contributed by atoms with Gasteiger partial charge in [-0.25, -0.2) is 4.79 Å². The van der Waals surface area contributed by atoms with Crippen LogP contribution in [0.1, 0.15) is 32.6 Å². The summed E-state index contributed by atoms with van der Waals surface area (Å²) < 4.78 is 0. The Labute approximate surface area is 208 Å². The van der Waals surface area contributed by atoms with Crippen molar-refractivity contribution < 1.29 is 24.3 Å². The van der Waals surface area contributed by atoms with Crippen molar-refractivity contribution in [3.63, 3.8) is 0 Å². The first-order valence-corrected chi connectivity index (χ1v) is 11.8. The van der Waals surface area contributed by atoms with E-state index in [1.807, 2.05) is 0 Å². The maximum atomic E-state index is 12.5. The molecule has 4 amide bonds. The smallest absolute Gasteiger partial charge is 0.407 e. The fourth-order valence-corrected chi connectivity index (χ4v) is 4.47. The third-order valence-corrected chi connectivity index (χ3v) is 6.31. The van der Waals surface area contributed by atoms with E-state index in [4.69, 9.17) is 0 Å². The first-order valence-electron chi connectivity index (χ1n) is 11.8. The zero-order chi connectivity index (χ0) is 25.7. The summed E-state index contributed by atoms with van der Waals surface area (Å²) in [4.78, 5) is 50.7. The van der Waals surface area contributed by atoms with E-state index in [1.165, 1.54) is 6.92 Å². The number of benzene rings is 2. The number of likely N-dealkylation sites (tertiary alicyclic amines) is 2. The SMILES string of the molecule is CC(=O)N1CCCC1C(=O)Nc1ccc(N=Nc2ccc(NC(=O)C3CCCN3C(=O)O)cc2)cc1. The summed E-state index contributed by atoms with van der Waals surface area (Å²) in [7, 11) is 0. The Bertz CT molecular complexity index is 1070. The second kappa shape index (κ2) is 11.0. The van der Waals surface area contributed by atoms with Crippen LogP contribution >= 0.6 is 0 Å². The normalized spacial score (nSPS) is 19.5. The van der Waals surface area contributed by atoms with Crippen LogP contribution in [0.2, 0.25) is 0 Å². The van der Waals surface area contributed by atoms with Crippen molar-refractivity contribution in [1.82, 2.24) is 9.80 Å². The highest BCUT2D eigenvalue weighted by Gasteiger charge is 2.34. The minimum atomic E-state index is -1.09. The maximum absolute atomic E-state index is 12.5. The lowest BCUT2D eigenvalue weighted by atomic mass is 10.2.